The Morgan fingerprint density at radius 3 is 2.88 bits per heavy atom. The zero-order valence-corrected chi connectivity index (χ0v) is 14.4. The minimum atomic E-state index is -0.0927. The highest BCUT2D eigenvalue weighted by Gasteiger charge is 2.22. The Morgan fingerprint density at radius 1 is 1.28 bits per heavy atom. The van der Waals surface area contributed by atoms with Crippen molar-refractivity contribution in [3.05, 3.63) is 58.0 Å². The highest BCUT2D eigenvalue weighted by Crippen LogP contribution is 2.23. The third kappa shape index (κ3) is 3.29. The van der Waals surface area contributed by atoms with Gasteiger partial charge in [0.2, 0.25) is 0 Å². The Labute approximate surface area is 146 Å². The summed E-state index contributed by atoms with van der Waals surface area (Å²) in [4.78, 5) is 20.0. The molecule has 2 aliphatic rings. The fourth-order valence-electron chi connectivity index (χ4n) is 3.44. The monoisotopic (exact) mass is 338 g/mol. The Morgan fingerprint density at radius 2 is 2.12 bits per heavy atom. The summed E-state index contributed by atoms with van der Waals surface area (Å²) in [5, 5.41) is 8.39. The SMILES string of the molecule is CCC1=NO[C@H](Cn2ncc(N3CCc4ccccc4C3)cc2=O)C1. The number of aromatic nitrogens is 2. The molecule has 130 valence electrons. The highest BCUT2D eigenvalue weighted by atomic mass is 16.6. The van der Waals surface area contributed by atoms with Gasteiger partial charge in [-0.05, 0) is 24.0 Å². The van der Waals surface area contributed by atoms with Gasteiger partial charge in [-0.25, -0.2) is 4.68 Å². The van der Waals surface area contributed by atoms with Crippen molar-refractivity contribution in [3.63, 3.8) is 0 Å². The van der Waals surface area contributed by atoms with Crippen LogP contribution in [0.2, 0.25) is 0 Å². The van der Waals surface area contributed by atoms with Crippen molar-refractivity contribution in [2.45, 2.75) is 45.4 Å². The fourth-order valence-corrected chi connectivity index (χ4v) is 3.44. The summed E-state index contributed by atoms with van der Waals surface area (Å²) < 4.78 is 1.47. The number of hydrogen-bond donors (Lipinski definition) is 0. The average Bonchev–Trinajstić information content (AvgIpc) is 3.11. The van der Waals surface area contributed by atoms with E-state index in [0.29, 0.717) is 6.54 Å². The van der Waals surface area contributed by atoms with E-state index in [1.54, 1.807) is 12.3 Å². The van der Waals surface area contributed by atoms with E-state index in [0.717, 1.165) is 43.8 Å². The van der Waals surface area contributed by atoms with Gasteiger partial charge in [0.05, 0.1) is 24.1 Å². The molecule has 0 N–H and O–H groups in total. The number of fused-ring (bicyclic) bond motifs is 1. The molecule has 0 bridgehead atoms. The van der Waals surface area contributed by atoms with Crippen LogP contribution in [0.25, 0.3) is 0 Å². The van der Waals surface area contributed by atoms with Gasteiger partial charge in [0.25, 0.3) is 5.56 Å². The molecular formula is C19H22N4O2. The molecule has 2 aromatic rings. The molecule has 0 fully saturated rings. The topological polar surface area (TPSA) is 59.7 Å². The molecule has 0 aliphatic carbocycles. The summed E-state index contributed by atoms with van der Waals surface area (Å²) in [6.45, 7) is 4.22. The number of nitrogens with zero attached hydrogens (tertiary/aromatic N) is 4. The van der Waals surface area contributed by atoms with Crippen molar-refractivity contribution in [2.75, 3.05) is 11.4 Å². The van der Waals surface area contributed by atoms with Gasteiger partial charge in [-0.2, -0.15) is 5.10 Å². The van der Waals surface area contributed by atoms with E-state index in [4.69, 9.17) is 4.84 Å². The van der Waals surface area contributed by atoms with E-state index >= 15 is 0 Å². The van der Waals surface area contributed by atoms with E-state index in [9.17, 15) is 4.79 Å². The third-order valence-corrected chi connectivity index (χ3v) is 4.93. The first kappa shape index (κ1) is 15.9. The summed E-state index contributed by atoms with van der Waals surface area (Å²) in [6.07, 6.45) is 4.34. The van der Waals surface area contributed by atoms with Gasteiger partial charge < -0.3 is 9.74 Å². The van der Waals surface area contributed by atoms with Crippen LogP contribution in [0.5, 0.6) is 0 Å². The number of hydrogen-bond acceptors (Lipinski definition) is 5. The number of rotatable bonds is 4. The largest absolute Gasteiger partial charge is 0.390 e. The molecule has 0 saturated carbocycles. The lowest BCUT2D eigenvalue weighted by molar-refractivity contribution is 0.0686. The van der Waals surface area contributed by atoms with Crippen molar-refractivity contribution in [2.24, 2.45) is 5.16 Å². The molecule has 0 spiro atoms. The van der Waals surface area contributed by atoms with Crippen LogP contribution in [0.4, 0.5) is 5.69 Å². The second-order valence-corrected chi connectivity index (χ2v) is 6.62. The molecule has 6 heteroatoms. The molecule has 0 amide bonds. The van der Waals surface area contributed by atoms with Crippen LogP contribution in [-0.4, -0.2) is 28.1 Å². The van der Waals surface area contributed by atoms with Gasteiger partial charge in [-0.15, -0.1) is 0 Å². The maximum atomic E-state index is 12.4. The van der Waals surface area contributed by atoms with E-state index in [1.807, 2.05) is 0 Å². The molecule has 4 rings (SSSR count). The molecule has 3 heterocycles. The number of benzene rings is 1. The first-order chi connectivity index (χ1) is 12.2. The van der Waals surface area contributed by atoms with Gasteiger partial charge in [0.15, 0.2) is 6.10 Å². The minimum Gasteiger partial charge on any atom is -0.390 e. The molecule has 1 atom stereocenters. The summed E-state index contributed by atoms with van der Waals surface area (Å²) in [6, 6.07) is 10.1. The Hall–Kier alpha value is -2.63. The molecule has 1 aromatic carbocycles. The lowest BCUT2D eigenvalue weighted by Crippen LogP contribution is -2.33. The van der Waals surface area contributed by atoms with Crippen molar-refractivity contribution < 1.29 is 4.84 Å². The van der Waals surface area contributed by atoms with E-state index in [2.05, 4.69) is 46.3 Å². The van der Waals surface area contributed by atoms with Crippen LogP contribution in [0.15, 0.2) is 46.5 Å². The lowest BCUT2D eigenvalue weighted by atomic mass is 10.00. The first-order valence-electron chi connectivity index (χ1n) is 8.83. The van der Waals surface area contributed by atoms with Crippen LogP contribution in [0, 0.1) is 0 Å². The quantitative estimate of drug-likeness (QED) is 0.859. The predicted octanol–water partition coefficient (Wildman–Crippen LogP) is 2.36. The molecule has 6 nitrogen and oxygen atoms in total. The molecule has 1 aromatic heterocycles. The molecule has 2 aliphatic heterocycles. The molecule has 25 heavy (non-hydrogen) atoms. The molecule has 0 radical (unpaired) electrons. The minimum absolute atomic E-state index is 0.0899. The van der Waals surface area contributed by atoms with Gasteiger partial charge in [-0.1, -0.05) is 36.3 Å². The Kier molecular flexibility index (Phi) is 4.26. The lowest BCUT2D eigenvalue weighted by Gasteiger charge is -2.30. The average molecular weight is 338 g/mol. The maximum absolute atomic E-state index is 12.4. The highest BCUT2D eigenvalue weighted by molar-refractivity contribution is 5.85. The summed E-state index contributed by atoms with van der Waals surface area (Å²) >= 11 is 0. The van der Waals surface area contributed by atoms with Crippen molar-refractivity contribution in [1.29, 1.82) is 0 Å². The Balaban J connectivity index is 1.47. The van der Waals surface area contributed by atoms with Gasteiger partial charge in [0.1, 0.15) is 0 Å². The Bertz CT molecular complexity index is 858. The van der Waals surface area contributed by atoms with E-state index in [-0.39, 0.29) is 11.7 Å². The second kappa shape index (κ2) is 6.70. The summed E-state index contributed by atoms with van der Waals surface area (Å²) in [5.41, 5.74) is 4.55. The van der Waals surface area contributed by atoms with Crippen molar-refractivity contribution in [3.8, 4) is 0 Å². The van der Waals surface area contributed by atoms with Crippen LogP contribution in [-0.2, 0) is 24.3 Å². The first-order valence-corrected chi connectivity index (χ1v) is 8.83. The molecular weight excluding hydrogens is 316 g/mol. The smallest absolute Gasteiger partial charge is 0.268 e. The third-order valence-electron chi connectivity index (χ3n) is 4.93. The van der Waals surface area contributed by atoms with Crippen LogP contribution >= 0.6 is 0 Å². The zero-order valence-electron chi connectivity index (χ0n) is 14.4. The number of anilines is 1. The van der Waals surface area contributed by atoms with E-state index < -0.39 is 0 Å². The predicted molar refractivity (Wildman–Crippen MR) is 96.9 cm³/mol. The maximum Gasteiger partial charge on any atom is 0.268 e. The van der Waals surface area contributed by atoms with Crippen LogP contribution < -0.4 is 10.5 Å². The van der Waals surface area contributed by atoms with E-state index in [1.165, 1.54) is 15.8 Å². The fraction of sp³-hybridized carbons (Fsp3) is 0.421. The summed E-state index contributed by atoms with van der Waals surface area (Å²) in [5.74, 6) is 0. The van der Waals surface area contributed by atoms with Crippen molar-refractivity contribution in [1.82, 2.24) is 9.78 Å². The van der Waals surface area contributed by atoms with Gasteiger partial charge in [0, 0.05) is 25.6 Å². The second-order valence-electron chi connectivity index (χ2n) is 6.62. The normalized spacial score (nSPS) is 19.3. The molecule has 0 saturated heterocycles. The van der Waals surface area contributed by atoms with Crippen LogP contribution in [0.3, 0.4) is 0 Å². The van der Waals surface area contributed by atoms with Gasteiger partial charge in [-0.3, -0.25) is 4.79 Å². The standard InChI is InChI=1S/C19H22N4O2/c1-2-16-9-18(25-21-16)13-23-19(24)10-17(11-20-23)22-8-7-14-5-3-4-6-15(14)12-22/h3-6,10-11,18H,2,7-9,12-13H2,1H3/t18-/m0/s1. The zero-order chi connectivity index (χ0) is 17.2. The van der Waals surface area contributed by atoms with Crippen LogP contribution in [0.1, 0.15) is 30.9 Å². The molecule has 0 unspecified atom stereocenters. The van der Waals surface area contributed by atoms with Crippen molar-refractivity contribution >= 4 is 11.4 Å². The summed E-state index contributed by atoms with van der Waals surface area (Å²) in [7, 11) is 0. The van der Waals surface area contributed by atoms with Gasteiger partial charge >= 0.3 is 0 Å². The number of oxime groups is 1.